The molecule has 0 aliphatic carbocycles. The molecule has 7 heteroatoms. The fourth-order valence-corrected chi connectivity index (χ4v) is 3.49. The number of amides is 1. The van der Waals surface area contributed by atoms with Gasteiger partial charge in [0.2, 0.25) is 5.91 Å². The van der Waals surface area contributed by atoms with E-state index in [1.165, 1.54) is 0 Å². The number of anilines is 1. The van der Waals surface area contributed by atoms with E-state index >= 15 is 0 Å². The number of rotatable bonds is 7. The third-order valence-electron chi connectivity index (χ3n) is 4.83. The Labute approximate surface area is 168 Å². The van der Waals surface area contributed by atoms with Crippen molar-refractivity contribution in [1.82, 2.24) is 20.0 Å². The van der Waals surface area contributed by atoms with E-state index in [2.05, 4.69) is 39.4 Å². The van der Waals surface area contributed by atoms with Gasteiger partial charge in [-0.15, -0.1) is 0 Å². The van der Waals surface area contributed by atoms with Gasteiger partial charge >= 0.3 is 0 Å². The molecule has 2 rings (SSSR count). The van der Waals surface area contributed by atoms with Crippen molar-refractivity contribution in [3.05, 3.63) is 29.3 Å². The normalized spacial score (nSPS) is 15.1. The predicted octanol–water partition coefficient (Wildman–Crippen LogP) is 1.69. The van der Waals surface area contributed by atoms with E-state index in [0.29, 0.717) is 6.54 Å². The maximum Gasteiger partial charge on any atom is 0.238 e. The van der Waals surface area contributed by atoms with Crippen LogP contribution in [-0.4, -0.2) is 85.6 Å². The fourth-order valence-electron chi connectivity index (χ4n) is 3.21. The van der Waals surface area contributed by atoms with Crippen LogP contribution >= 0.6 is 12.2 Å². The first-order valence-corrected chi connectivity index (χ1v) is 10.0. The van der Waals surface area contributed by atoms with Gasteiger partial charge in [0.15, 0.2) is 5.11 Å². The van der Waals surface area contributed by atoms with Crippen molar-refractivity contribution >= 4 is 28.9 Å². The number of para-hydroxylation sites is 1. The average Bonchev–Trinajstić information content (AvgIpc) is 2.62. The molecular formula is C20H33N5OS. The summed E-state index contributed by atoms with van der Waals surface area (Å²) in [6.07, 6.45) is 1.07. The van der Waals surface area contributed by atoms with Crippen molar-refractivity contribution in [1.29, 1.82) is 0 Å². The van der Waals surface area contributed by atoms with Gasteiger partial charge in [-0.2, -0.15) is 0 Å². The third kappa shape index (κ3) is 7.08. The van der Waals surface area contributed by atoms with Crippen molar-refractivity contribution < 1.29 is 4.79 Å². The zero-order chi connectivity index (χ0) is 19.8. The highest BCUT2D eigenvalue weighted by molar-refractivity contribution is 7.80. The molecule has 150 valence electrons. The van der Waals surface area contributed by atoms with Crippen molar-refractivity contribution in [2.24, 2.45) is 0 Å². The van der Waals surface area contributed by atoms with Crippen molar-refractivity contribution in [2.45, 2.75) is 20.3 Å². The Kier molecular flexibility index (Phi) is 8.47. The zero-order valence-electron chi connectivity index (χ0n) is 17.0. The van der Waals surface area contributed by atoms with E-state index in [-0.39, 0.29) is 5.91 Å². The number of nitrogens with zero attached hydrogens (tertiary/aromatic N) is 3. The number of hydrogen-bond acceptors (Lipinski definition) is 4. The Hall–Kier alpha value is -1.70. The largest absolute Gasteiger partial charge is 0.363 e. The van der Waals surface area contributed by atoms with Gasteiger partial charge in [0, 0.05) is 38.4 Å². The molecule has 1 aromatic carbocycles. The second kappa shape index (κ2) is 10.6. The standard InChI is InChI=1S/C20H33N5OS/c1-16-7-5-8-17(2)19(16)22-18(26)15-24-11-13-25(14-12-24)20(27)21-9-6-10-23(3)4/h5,7-8H,6,9-15H2,1-4H3,(H,21,27)(H,22,26). The molecule has 2 N–H and O–H groups in total. The SMILES string of the molecule is Cc1cccc(C)c1NC(=O)CN1CCN(C(=S)NCCCN(C)C)CC1. The number of aryl methyl sites for hydroxylation is 2. The Morgan fingerprint density at radius 1 is 1.15 bits per heavy atom. The van der Waals surface area contributed by atoms with E-state index in [1.54, 1.807) is 0 Å². The Bertz CT molecular complexity index is 621. The summed E-state index contributed by atoms with van der Waals surface area (Å²) in [7, 11) is 4.15. The number of piperazine rings is 1. The minimum atomic E-state index is 0.0465. The lowest BCUT2D eigenvalue weighted by molar-refractivity contribution is -0.117. The second-order valence-corrected chi connectivity index (χ2v) is 7.85. The second-order valence-electron chi connectivity index (χ2n) is 7.47. The van der Waals surface area contributed by atoms with E-state index in [0.717, 1.165) is 67.6 Å². The summed E-state index contributed by atoms with van der Waals surface area (Å²) in [5.74, 6) is 0.0465. The molecule has 0 saturated carbocycles. The van der Waals surface area contributed by atoms with Crippen LogP contribution in [-0.2, 0) is 4.79 Å². The predicted molar refractivity (Wildman–Crippen MR) is 116 cm³/mol. The van der Waals surface area contributed by atoms with E-state index in [4.69, 9.17) is 12.2 Å². The van der Waals surface area contributed by atoms with Crippen LogP contribution in [0.1, 0.15) is 17.5 Å². The zero-order valence-corrected chi connectivity index (χ0v) is 17.9. The highest BCUT2D eigenvalue weighted by atomic mass is 32.1. The van der Waals surface area contributed by atoms with Crippen molar-refractivity contribution in [2.75, 3.05) is 65.2 Å². The summed E-state index contributed by atoms with van der Waals surface area (Å²) in [4.78, 5) is 19.0. The van der Waals surface area contributed by atoms with Crippen LogP contribution in [0, 0.1) is 13.8 Å². The van der Waals surface area contributed by atoms with Gasteiger partial charge in [0.1, 0.15) is 0 Å². The minimum absolute atomic E-state index is 0.0465. The number of carbonyl (C=O) groups is 1. The Morgan fingerprint density at radius 3 is 2.37 bits per heavy atom. The van der Waals surface area contributed by atoms with Crippen LogP contribution in [0.25, 0.3) is 0 Å². The van der Waals surface area contributed by atoms with Gasteiger partial charge in [-0.1, -0.05) is 18.2 Å². The van der Waals surface area contributed by atoms with E-state index < -0.39 is 0 Å². The van der Waals surface area contributed by atoms with E-state index in [9.17, 15) is 4.79 Å². The molecule has 27 heavy (non-hydrogen) atoms. The summed E-state index contributed by atoms with van der Waals surface area (Å²) in [6, 6.07) is 6.05. The fraction of sp³-hybridized carbons (Fsp3) is 0.600. The van der Waals surface area contributed by atoms with Gasteiger partial charge in [-0.05, 0) is 64.3 Å². The monoisotopic (exact) mass is 391 g/mol. The minimum Gasteiger partial charge on any atom is -0.363 e. The summed E-state index contributed by atoms with van der Waals surface area (Å²) in [6.45, 7) is 9.83. The lowest BCUT2D eigenvalue weighted by Gasteiger charge is -2.36. The Morgan fingerprint density at radius 2 is 1.78 bits per heavy atom. The molecule has 0 radical (unpaired) electrons. The van der Waals surface area contributed by atoms with Crippen LogP contribution in [0.5, 0.6) is 0 Å². The topological polar surface area (TPSA) is 50.9 Å². The molecule has 1 aliphatic heterocycles. The highest BCUT2D eigenvalue weighted by Gasteiger charge is 2.20. The average molecular weight is 392 g/mol. The lowest BCUT2D eigenvalue weighted by atomic mass is 10.1. The number of hydrogen-bond donors (Lipinski definition) is 2. The van der Waals surface area contributed by atoms with Crippen molar-refractivity contribution in [3.63, 3.8) is 0 Å². The van der Waals surface area contributed by atoms with Gasteiger partial charge in [-0.25, -0.2) is 0 Å². The van der Waals surface area contributed by atoms with Crippen LogP contribution in [0.2, 0.25) is 0 Å². The maximum absolute atomic E-state index is 12.4. The number of thiocarbonyl (C=S) groups is 1. The van der Waals surface area contributed by atoms with Gasteiger partial charge < -0.3 is 20.4 Å². The molecule has 1 aromatic rings. The van der Waals surface area contributed by atoms with Gasteiger partial charge in [0.25, 0.3) is 0 Å². The molecule has 0 bridgehead atoms. The molecule has 0 spiro atoms. The smallest absolute Gasteiger partial charge is 0.238 e. The van der Waals surface area contributed by atoms with Crippen molar-refractivity contribution in [3.8, 4) is 0 Å². The molecule has 1 heterocycles. The van der Waals surface area contributed by atoms with Crippen LogP contribution in [0.15, 0.2) is 18.2 Å². The summed E-state index contributed by atoms with van der Waals surface area (Å²) >= 11 is 5.50. The van der Waals surface area contributed by atoms with E-state index in [1.807, 2.05) is 32.0 Å². The molecule has 1 amide bonds. The first-order chi connectivity index (χ1) is 12.9. The van der Waals surface area contributed by atoms with Crippen LogP contribution in [0.3, 0.4) is 0 Å². The quantitative estimate of drug-likeness (QED) is 0.545. The first-order valence-electron chi connectivity index (χ1n) is 9.62. The first kappa shape index (κ1) is 21.6. The van der Waals surface area contributed by atoms with Gasteiger partial charge in [-0.3, -0.25) is 9.69 Å². The molecule has 0 atom stereocenters. The number of nitrogens with one attached hydrogen (secondary N) is 2. The summed E-state index contributed by atoms with van der Waals surface area (Å²) < 4.78 is 0. The highest BCUT2D eigenvalue weighted by Crippen LogP contribution is 2.19. The molecule has 1 fully saturated rings. The maximum atomic E-state index is 12.4. The van der Waals surface area contributed by atoms with Crippen LogP contribution < -0.4 is 10.6 Å². The number of benzene rings is 1. The molecule has 0 aromatic heterocycles. The molecule has 6 nitrogen and oxygen atoms in total. The lowest BCUT2D eigenvalue weighted by Crippen LogP contribution is -2.53. The van der Waals surface area contributed by atoms with Gasteiger partial charge in [0.05, 0.1) is 6.54 Å². The number of carbonyl (C=O) groups excluding carboxylic acids is 1. The molecule has 1 saturated heterocycles. The summed E-state index contributed by atoms with van der Waals surface area (Å²) in [5.41, 5.74) is 3.13. The molecular weight excluding hydrogens is 358 g/mol. The summed E-state index contributed by atoms with van der Waals surface area (Å²) in [5, 5.41) is 7.24. The molecule has 1 aliphatic rings. The Balaban J connectivity index is 1.71. The molecule has 0 unspecified atom stereocenters. The third-order valence-corrected chi connectivity index (χ3v) is 5.23. The van der Waals surface area contributed by atoms with Crippen LogP contribution in [0.4, 0.5) is 5.69 Å².